The van der Waals surface area contributed by atoms with E-state index in [0.29, 0.717) is 35.4 Å². The third-order valence-corrected chi connectivity index (χ3v) is 11.6. The SMILES string of the molecule is CCCC1C2[C@H]3CC[C@@H]4[C@H](CC[C@]5(C)[C@@H]([C@@H](C)Cn6nnc(C)n6)[C@H](O)C[C@@H]45)[C@H]3CC[C@]12O. The molecule has 0 bridgehead atoms. The lowest BCUT2D eigenvalue weighted by molar-refractivity contribution is -0.0871. The van der Waals surface area contributed by atoms with E-state index in [1.807, 2.05) is 6.92 Å². The number of fused-ring (bicyclic) bond motifs is 7. The highest BCUT2D eigenvalue weighted by atomic mass is 16.3. The van der Waals surface area contributed by atoms with Crippen LogP contribution in [0.25, 0.3) is 0 Å². The smallest absolute Gasteiger partial charge is 0.171 e. The summed E-state index contributed by atoms with van der Waals surface area (Å²) in [5.41, 5.74) is -0.104. The highest BCUT2D eigenvalue weighted by Gasteiger charge is 2.70. The first kappa shape index (κ1) is 22.5. The summed E-state index contributed by atoms with van der Waals surface area (Å²) in [5.74, 6) is 6.31. The van der Waals surface area contributed by atoms with Crippen LogP contribution in [0, 0.1) is 65.6 Å². The fourth-order valence-corrected chi connectivity index (χ4v) is 10.6. The van der Waals surface area contributed by atoms with E-state index in [4.69, 9.17) is 0 Å². The molecule has 6 nitrogen and oxygen atoms in total. The van der Waals surface area contributed by atoms with Gasteiger partial charge in [0.15, 0.2) is 5.82 Å². The first-order valence-corrected chi connectivity index (χ1v) is 13.9. The van der Waals surface area contributed by atoms with E-state index in [2.05, 4.69) is 36.2 Å². The molecule has 2 N–H and O–H groups in total. The Bertz CT molecular complexity index is 889. The van der Waals surface area contributed by atoms with E-state index in [-0.39, 0.29) is 17.1 Å². The molecule has 5 fully saturated rings. The summed E-state index contributed by atoms with van der Waals surface area (Å²) in [4.78, 5) is 1.73. The standard InChI is InChI=1S/C27H44N4O2/c1-5-6-21-25-20-8-7-19-17(18(20)10-12-27(21,25)33)9-11-26(4)22(19)13-23(32)24(26)15(2)14-31-29-16(3)28-30-31/h15,17-25,32-33H,5-14H2,1-4H3/t15-,17+,18+,19+,20-,21?,22-,23+,24-,25?,26-,27-/m0/s1. The van der Waals surface area contributed by atoms with Crippen molar-refractivity contribution < 1.29 is 10.2 Å². The van der Waals surface area contributed by atoms with Gasteiger partial charge in [0.2, 0.25) is 0 Å². The summed E-state index contributed by atoms with van der Waals surface area (Å²) < 4.78 is 0. The lowest BCUT2D eigenvalue weighted by atomic mass is 9.49. The molecule has 0 radical (unpaired) electrons. The third-order valence-electron chi connectivity index (χ3n) is 11.6. The molecule has 6 heteroatoms. The Kier molecular flexibility index (Phi) is 5.27. The maximum atomic E-state index is 11.3. The Balaban J connectivity index is 1.20. The maximum absolute atomic E-state index is 11.3. The summed E-state index contributed by atoms with van der Waals surface area (Å²) in [6, 6.07) is 0. The molecule has 0 spiro atoms. The molecule has 0 aromatic carbocycles. The van der Waals surface area contributed by atoms with Crippen molar-refractivity contribution in [3.63, 3.8) is 0 Å². The van der Waals surface area contributed by atoms with Crippen LogP contribution in [-0.4, -0.2) is 42.1 Å². The maximum Gasteiger partial charge on any atom is 0.171 e. The van der Waals surface area contributed by atoms with Crippen LogP contribution in [0.5, 0.6) is 0 Å². The van der Waals surface area contributed by atoms with Gasteiger partial charge in [0.05, 0.1) is 18.2 Å². The molecule has 5 saturated carbocycles. The molecule has 0 aliphatic heterocycles. The first-order chi connectivity index (χ1) is 15.8. The minimum absolute atomic E-state index is 0.211. The summed E-state index contributed by atoms with van der Waals surface area (Å²) in [6.07, 6.45) is 10.6. The van der Waals surface area contributed by atoms with E-state index in [1.54, 1.807) is 4.80 Å². The second-order valence-electron chi connectivity index (χ2n) is 13.0. The summed E-state index contributed by atoms with van der Waals surface area (Å²) in [5, 5.41) is 35.3. The minimum Gasteiger partial charge on any atom is -0.393 e. The number of rotatable bonds is 5. The molecule has 2 unspecified atom stereocenters. The molecular formula is C27H44N4O2. The van der Waals surface area contributed by atoms with Gasteiger partial charge in [0.1, 0.15) is 0 Å². The fraction of sp³-hybridized carbons (Fsp3) is 0.963. The van der Waals surface area contributed by atoms with Gasteiger partial charge in [-0.25, -0.2) is 0 Å². The Morgan fingerprint density at radius 1 is 1.09 bits per heavy atom. The molecule has 12 atom stereocenters. The van der Waals surface area contributed by atoms with Crippen LogP contribution < -0.4 is 0 Å². The molecule has 33 heavy (non-hydrogen) atoms. The molecule has 1 heterocycles. The Labute approximate surface area is 198 Å². The van der Waals surface area contributed by atoms with Crippen molar-refractivity contribution in [1.82, 2.24) is 20.2 Å². The highest BCUT2D eigenvalue weighted by Crippen LogP contribution is 2.71. The lowest BCUT2D eigenvalue weighted by Gasteiger charge is -2.56. The van der Waals surface area contributed by atoms with Gasteiger partial charge in [-0.2, -0.15) is 4.80 Å². The number of hydrogen-bond donors (Lipinski definition) is 2. The van der Waals surface area contributed by atoms with Crippen molar-refractivity contribution >= 4 is 0 Å². The molecule has 0 saturated heterocycles. The Hall–Kier alpha value is -1.01. The summed E-state index contributed by atoms with van der Waals surface area (Å²) >= 11 is 0. The van der Waals surface area contributed by atoms with Crippen LogP contribution in [0.2, 0.25) is 0 Å². The number of aliphatic hydroxyl groups is 2. The normalized spacial score (nSPS) is 51.3. The number of nitrogens with zero attached hydrogens (tertiary/aromatic N) is 4. The van der Waals surface area contributed by atoms with Gasteiger partial charge in [0.25, 0.3) is 0 Å². The van der Waals surface area contributed by atoms with Gasteiger partial charge >= 0.3 is 0 Å². The third kappa shape index (κ3) is 3.22. The van der Waals surface area contributed by atoms with Crippen molar-refractivity contribution in [3.8, 4) is 0 Å². The lowest BCUT2D eigenvalue weighted by Crippen LogP contribution is -2.50. The topological polar surface area (TPSA) is 84.1 Å². The van der Waals surface area contributed by atoms with E-state index in [1.165, 1.54) is 44.9 Å². The van der Waals surface area contributed by atoms with Gasteiger partial charge in [-0.3, -0.25) is 0 Å². The number of aryl methyl sites for hydroxylation is 1. The molecule has 184 valence electrons. The molecule has 5 aliphatic carbocycles. The number of aliphatic hydroxyl groups excluding tert-OH is 1. The second-order valence-corrected chi connectivity index (χ2v) is 13.0. The van der Waals surface area contributed by atoms with E-state index in [9.17, 15) is 10.2 Å². The van der Waals surface area contributed by atoms with Crippen LogP contribution in [0.1, 0.15) is 84.4 Å². The zero-order valence-corrected chi connectivity index (χ0v) is 21.0. The van der Waals surface area contributed by atoms with Crippen LogP contribution in [-0.2, 0) is 6.54 Å². The van der Waals surface area contributed by atoms with E-state index >= 15 is 0 Å². The first-order valence-electron chi connectivity index (χ1n) is 13.9. The highest BCUT2D eigenvalue weighted by molar-refractivity contribution is 5.20. The molecule has 1 aromatic rings. The van der Waals surface area contributed by atoms with Crippen molar-refractivity contribution in [2.75, 3.05) is 0 Å². The van der Waals surface area contributed by atoms with E-state index < -0.39 is 0 Å². The minimum atomic E-state index is -0.314. The van der Waals surface area contributed by atoms with Gasteiger partial charge in [0, 0.05) is 0 Å². The average molecular weight is 457 g/mol. The van der Waals surface area contributed by atoms with Crippen molar-refractivity contribution in [2.24, 2.45) is 58.7 Å². The predicted octanol–water partition coefficient (Wildman–Crippen LogP) is 4.24. The van der Waals surface area contributed by atoms with Crippen LogP contribution in [0.3, 0.4) is 0 Å². The zero-order chi connectivity index (χ0) is 23.1. The quantitative estimate of drug-likeness (QED) is 0.692. The largest absolute Gasteiger partial charge is 0.393 e. The Morgan fingerprint density at radius 3 is 2.55 bits per heavy atom. The van der Waals surface area contributed by atoms with Gasteiger partial charge < -0.3 is 10.2 Å². The van der Waals surface area contributed by atoms with E-state index in [0.717, 1.165) is 43.1 Å². The van der Waals surface area contributed by atoms with Crippen LogP contribution in [0.4, 0.5) is 0 Å². The molecule has 6 rings (SSSR count). The Morgan fingerprint density at radius 2 is 1.82 bits per heavy atom. The fourth-order valence-electron chi connectivity index (χ4n) is 10.6. The average Bonchev–Trinajstić information content (AvgIpc) is 3.01. The van der Waals surface area contributed by atoms with Crippen molar-refractivity contribution in [3.05, 3.63) is 5.82 Å². The number of aromatic nitrogens is 4. The van der Waals surface area contributed by atoms with Gasteiger partial charge in [-0.1, -0.05) is 27.2 Å². The summed E-state index contributed by atoms with van der Waals surface area (Å²) in [6.45, 7) is 9.67. The predicted molar refractivity (Wildman–Crippen MR) is 126 cm³/mol. The molecule has 5 aliphatic rings. The second kappa shape index (κ2) is 7.74. The van der Waals surface area contributed by atoms with Crippen molar-refractivity contribution in [2.45, 2.75) is 104 Å². The van der Waals surface area contributed by atoms with Crippen LogP contribution in [0.15, 0.2) is 0 Å². The zero-order valence-electron chi connectivity index (χ0n) is 21.0. The monoisotopic (exact) mass is 456 g/mol. The molecule has 1 aromatic heterocycles. The van der Waals surface area contributed by atoms with Crippen molar-refractivity contribution in [1.29, 1.82) is 0 Å². The van der Waals surface area contributed by atoms with Gasteiger partial charge in [-0.05, 0) is 122 Å². The molecule has 0 amide bonds. The van der Waals surface area contributed by atoms with Gasteiger partial charge in [-0.15, -0.1) is 10.2 Å². The van der Waals surface area contributed by atoms with Crippen LogP contribution >= 0.6 is 0 Å². The number of hydrogen-bond acceptors (Lipinski definition) is 5. The summed E-state index contributed by atoms with van der Waals surface area (Å²) in [7, 11) is 0. The number of tetrazole rings is 1. The molecular weight excluding hydrogens is 412 g/mol.